The van der Waals surface area contributed by atoms with E-state index in [4.69, 9.17) is 47.9 Å². The smallest absolute Gasteiger partial charge is 0.345 e. The van der Waals surface area contributed by atoms with E-state index in [9.17, 15) is 23.7 Å². The molecule has 1 aliphatic rings. The number of amides is 2. The number of hydrogen-bond acceptors (Lipinski definition) is 9. The third-order valence-electron chi connectivity index (χ3n) is 4.50. The molecule has 202 valence electrons. The SMILES string of the molecule is N[C@@H](CCC(=O)N[C@@H](CSOC1CCOP(=O)(NCCCl)N1CCCl)C(=O)NCC(=O)O)C(=O)O. The largest absolute Gasteiger partial charge is 0.480 e. The van der Waals surface area contributed by atoms with E-state index in [1.54, 1.807) is 0 Å². The van der Waals surface area contributed by atoms with Gasteiger partial charge in [-0.1, -0.05) is 0 Å². The molecule has 0 aromatic carbocycles. The van der Waals surface area contributed by atoms with E-state index in [0.29, 0.717) is 6.42 Å². The lowest BCUT2D eigenvalue weighted by Gasteiger charge is -2.39. The van der Waals surface area contributed by atoms with Crippen molar-refractivity contribution >= 4 is 66.7 Å². The summed E-state index contributed by atoms with van der Waals surface area (Å²) in [6.45, 7) is -0.150. The molecule has 2 unspecified atom stereocenters. The molecule has 0 bridgehead atoms. The Morgan fingerprint density at radius 3 is 2.57 bits per heavy atom. The first-order valence-corrected chi connectivity index (χ1v) is 14.0. The molecule has 2 amide bonds. The van der Waals surface area contributed by atoms with Gasteiger partial charge in [-0.2, -0.15) is 4.67 Å². The maximum Gasteiger partial charge on any atom is 0.345 e. The van der Waals surface area contributed by atoms with Gasteiger partial charge >= 0.3 is 19.6 Å². The molecule has 14 nitrogen and oxygen atoms in total. The average Bonchev–Trinajstić information content (AvgIpc) is 2.81. The zero-order valence-corrected chi connectivity index (χ0v) is 21.9. The monoisotopic (exact) mass is 581 g/mol. The summed E-state index contributed by atoms with van der Waals surface area (Å²) in [5, 5.41) is 25.0. The van der Waals surface area contributed by atoms with E-state index in [1.807, 2.05) is 0 Å². The van der Waals surface area contributed by atoms with E-state index in [0.717, 1.165) is 12.0 Å². The average molecular weight is 582 g/mol. The van der Waals surface area contributed by atoms with Crippen LogP contribution in [0.4, 0.5) is 0 Å². The second-order valence-electron chi connectivity index (χ2n) is 7.14. The molecular formula is C17H30Cl2N5O9PS. The summed E-state index contributed by atoms with van der Waals surface area (Å²) in [4.78, 5) is 46.2. The molecule has 1 fully saturated rings. The highest BCUT2D eigenvalue weighted by atomic mass is 35.5. The number of carbonyl (C=O) groups excluding carboxylic acids is 2. The summed E-state index contributed by atoms with van der Waals surface area (Å²) < 4.78 is 25.8. The maximum atomic E-state index is 13.2. The van der Waals surface area contributed by atoms with Crippen LogP contribution in [-0.2, 0) is 32.5 Å². The number of nitrogens with two attached hydrogens (primary N) is 1. The second-order valence-corrected chi connectivity index (χ2v) is 10.8. The highest BCUT2D eigenvalue weighted by Crippen LogP contribution is 2.51. The number of nitrogens with one attached hydrogen (secondary N) is 3. The molecule has 0 saturated carbocycles. The minimum Gasteiger partial charge on any atom is -0.480 e. The van der Waals surface area contributed by atoms with Gasteiger partial charge in [0.2, 0.25) is 11.8 Å². The summed E-state index contributed by atoms with van der Waals surface area (Å²) >= 11 is 12.3. The lowest BCUT2D eigenvalue weighted by Crippen LogP contribution is -2.50. The van der Waals surface area contributed by atoms with Crippen LogP contribution in [0.5, 0.6) is 0 Å². The Bertz CT molecular complexity index is 784. The van der Waals surface area contributed by atoms with Crippen LogP contribution >= 0.6 is 42.9 Å². The number of rotatable bonds is 17. The third kappa shape index (κ3) is 11.6. The molecule has 1 heterocycles. The number of carbonyl (C=O) groups is 4. The minimum absolute atomic E-state index is 0.125. The molecule has 1 saturated heterocycles. The number of hydrogen-bond donors (Lipinski definition) is 6. The van der Waals surface area contributed by atoms with Crippen LogP contribution in [0.2, 0.25) is 0 Å². The van der Waals surface area contributed by atoms with Crippen LogP contribution in [0.25, 0.3) is 0 Å². The van der Waals surface area contributed by atoms with Crippen molar-refractivity contribution in [2.24, 2.45) is 5.73 Å². The lowest BCUT2D eigenvalue weighted by molar-refractivity contribution is -0.139. The summed E-state index contributed by atoms with van der Waals surface area (Å²) in [6.07, 6.45) is -0.783. The summed E-state index contributed by atoms with van der Waals surface area (Å²) in [5.41, 5.74) is 5.38. The predicted molar refractivity (Wildman–Crippen MR) is 129 cm³/mol. The molecule has 0 spiro atoms. The fourth-order valence-electron chi connectivity index (χ4n) is 2.78. The first kappa shape index (κ1) is 31.9. The van der Waals surface area contributed by atoms with Crippen LogP contribution in [0.3, 0.4) is 0 Å². The standard InChI is InChI=1S/C17H30Cl2N5O9PS/c18-4-6-22-34(31)24(7-5-19)14(3-8-32-34)33-35-10-12(16(28)21-9-15(26)27)23-13(25)2-1-11(20)17(29)30/h11-12,14H,1-10,20H2,(H,21,28)(H,22,31)(H,23,25)(H,26,27)(H,29,30)/t11-,12-,14?,34?/m0/s1. The number of halogens is 2. The number of carboxylic acids is 2. The zero-order valence-electron chi connectivity index (χ0n) is 18.7. The molecule has 1 rings (SSSR count). The van der Waals surface area contributed by atoms with Gasteiger partial charge in [0.15, 0.2) is 0 Å². The topological polar surface area (TPSA) is 210 Å². The van der Waals surface area contributed by atoms with Crippen LogP contribution in [0.15, 0.2) is 0 Å². The molecule has 18 heteroatoms. The van der Waals surface area contributed by atoms with Crippen molar-refractivity contribution in [2.45, 2.75) is 37.6 Å². The normalized spacial score (nSPS) is 22.2. The van der Waals surface area contributed by atoms with Crippen molar-refractivity contribution < 1.29 is 42.7 Å². The zero-order chi connectivity index (χ0) is 26.4. The molecule has 35 heavy (non-hydrogen) atoms. The van der Waals surface area contributed by atoms with Gasteiger partial charge in [-0.3, -0.25) is 27.9 Å². The van der Waals surface area contributed by atoms with Gasteiger partial charge in [-0.05, 0) is 18.5 Å². The minimum atomic E-state index is -3.46. The molecule has 1 aliphatic heterocycles. The summed E-state index contributed by atoms with van der Waals surface area (Å²) in [7, 11) is -3.46. The number of aliphatic carboxylic acids is 2. The van der Waals surface area contributed by atoms with Crippen molar-refractivity contribution in [3.8, 4) is 0 Å². The molecule has 7 N–H and O–H groups in total. The molecule has 0 aromatic heterocycles. The van der Waals surface area contributed by atoms with Gasteiger partial charge in [-0.15, -0.1) is 23.2 Å². The van der Waals surface area contributed by atoms with Crippen LogP contribution < -0.4 is 21.5 Å². The van der Waals surface area contributed by atoms with Crippen molar-refractivity contribution in [3.63, 3.8) is 0 Å². The Kier molecular flexibility index (Phi) is 15.1. The van der Waals surface area contributed by atoms with E-state index in [1.165, 1.54) is 4.67 Å². The van der Waals surface area contributed by atoms with Gasteiger partial charge in [-0.25, -0.2) is 5.09 Å². The lowest BCUT2D eigenvalue weighted by atomic mass is 10.1. The predicted octanol–water partition coefficient (Wildman–Crippen LogP) is -0.247. The Morgan fingerprint density at radius 1 is 1.26 bits per heavy atom. The molecule has 0 radical (unpaired) electrons. The fourth-order valence-corrected chi connectivity index (χ4v) is 6.21. The number of nitrogens with zero attached hydrogens (tertiary/aromatic N) is 1. The first-order valence-electron chi connectivity index (χ1n) is 10.5. The highest BCUT2D eigenvalue weighted by molar-refractivity contribution is 7.94. The van der Waals surface area contributed by atoms with Crippen LogP contribution in [-0.4, -0.2) is 101 Å². The van der Waals surface area contributed by atoms with E-state index in [2.05, 4.69) is 15.7 Å². The Hall–Kier alpha value is -1.16. The molecule has 0 aliphatic carbocycles. The van der Waals surface area contributed by atoms with Crippen molar-refractivity contribution in [2.75, 3.05) is 43.8 Å². The van der Waals surface area contributed by atoms with Gasteiger partial charge in [0.05, 0.1) is 6.61 Å². The summed E-state index contributed by atoms with van der Waals surface area (Å²) in [5.74, 6) is -3.77. The quantitative estimate of drug-likeness (QED) is 0.0744. The number of alkyl halides is 2. The van der Waals surface area contributed by atoms with E-state index >= 15 is 0 Å². The molecule has 4 atom stereocenters. The van der Waals surface area contributed by atoms with E-state index in [-0.39, 0.29) is 50.1 Å². The van der Waals surface area contributed by atoms with Crippen LogP contribution in [0.1, 0.15) is 19.3 Å². The third-order valence-corrected chi connectivity index (χ3v) is 7.98. The molecular weight excluding hydrogens is 552 g/mol. The van der Waals surface area contributed by atoms with E-state index < -0.39 is 56.3 Å². The van der Waals surface area contributed by atoms with Crippen LogP contribution in [0, 0.1) is 0 Å². The van der Waals surface area contributed by atoms with Crippen molar-refractivity contribution in [1.29, 1.82) is 0 Å². The van der Waals surface area contributed by atoms with Gasteiger partial charge in [0, 0.05) is 43.4 Å². The first-order chi connectivity index (χ1) is 16.5. The fraction of sp³-hybridized carbons (Fsp3) is 0.765. The Labute approximate surface area is 216 Å². The van der Waals surface area contributed by atoms with Gasteiger partial charge in [0.1, 0.15) is 24.9 Å². The maximum absolute atomic E-state index is 13.2. The van der Waals surface area contributed by atoms with Gasteiger partial charge < -0.3 is 31.1 Å². The second kappa shape index (κ2) is 16.6. The van der Waals surface area contributed by atoms with Gasteiger partial charge in [0.25, 0.3) is 0 Å². The van der Waals surface area contributed by atoms with Crippen molar-refractivity contribution in [1.82, 2.24) is 20.4 Å². The Balaban J connectivity index is 2.78. The highest BCUT2D eigenvalue weighted by Gasteiger charge is 2.41. The number of carboxylic acid groups (broad SMARTS) is 2. The Morgan fingerprint density at radius 2 is 1.97 bits per heavy atom. The van der Waals surface area contributed by atoms with Crippen molar-refractivity contribution in [3.05, 3.63) is 0 Å². The summed E-state index contributed by atoms with van der Waals surface area (Å²) in [6, 6.07) is -2.45. The molecule has 0 aromatic rings.